The minimum Gasteiger partial charge on any atom is -0.516 e. The third-order valence-electron chi connectivity index (χ3n) is 2.53. The van der Waals surface area contributed by atoms with Gasteiger partial charge in [0.15, 0.2) is 5.57 Å². The zero-order valence-electron chi connectivity index (χ0n) is 11.6. The highest BCUT2D eigenvalue weighted by atomic mass is 28.4. The lowest BCUT2D eigenvalue weighted by atomic mass is 10.2. The lowest BCUT2D eigenvalue weighted by molar-refractivity contribution is -0.142. The van der Waals surface area contributed by atoms with E-state index in [2.05, 4.69) is 10.1 Å². The van der Waals surface area contributed by atoms with Crippen molar-refractivity contribution in [2.24, 2.45) is 0 Å². The summed E-state index contributed by atoms with van der Waals surface area (Å²) in [6.07, 6.45) is 0.969. The van der Waals surface area contributed by atoms with Gasteiger partial charge < -0.3 is 14.5 Å². The molecule has 0 radical (unpaired) electrons. The van der Waals surface area contributed by atoms with Crippen LogP contribution in [0.3, 0.4) is 0 Å². The molecule has 1 fully saturated rings. The van der Waals surface area contributed by atoms with Gasteiger partial charge in [-0.3, -0.25) is 0 Å². The first-order valence-corrected chi connectivity index (χ1v) is 9.40. The van der Waals surface area contributed by atoms with Crippen LogP contribution in [0.15, 0.2) is 11.3 Å². The highest BCUT2D eigenvalue weighted by Crippen LogP contribution is 2.21. The van der Waals surface area contributed by atoms with Gasteiger partial charge in [-0.2, -0.15) is 5.26 Å². The van der Waals surface area contributed by atoms with Gasteiger partial charge in [-0.05, 0) is 32.5 Å². The molecule has 1 unspecified atom stereocenters. The van der Waals surface area contributed by atoms with Crippen molar-refractivity contribution in [2.45, 2.75) is 38.5 Å². The van der Waals surface area contributed by atoms with Gasteiger partial charge in [-0.1, -0.05) is 0 Å². The van der Waals surface area contributed by atoms with Crippen molar-refractivity contribution in [3.8, 4) is 6.07 Å². The summed E-state index contributed by atoms with van der Waals surface area (Å²) < 4.78 is 9.91. The van der Waals surface area contributed by atoms with Crippen LogP contribution in [0.1, 0.15) is 12.8 Å². The van der Waals surface area contributed by atoms with Crippen molar-refractivity contribution in [1.82, 2.24) is 5.32 Å². The molecular weight excluding hydrogens is 264 g/mol. The maximum Gasteiger partial charge on any atom is 0.337 e. The molecule has 1 aliphatic heterocycles. The van der Waals surface area contributed by atoms with Crippen molar-refractivity contribution < 1.29 is 18.8 Å². The number of nitriles is 1. The minimum atomic E-state index is -2.05. The van der Waals surface area contributed by atoms with Crippen LogP contribution in [0.2, 0.25) is 19.6 Å². The molecule has 0 bridgehead atoms. The SMILES string of the molecule is COC(=O)C1CC/C(=C(\C#N)C(=O)O[Si](C)(C)C)N1. The number of carbonyl (C=O) groups excluding carboxylic acids is 2. The van der Waals surface area contributed by atoms with Gasteiger partial charge in [-0.15, -0.1) is 0 Å². The van der Waals surface area contributed by atoms with E-state index >= 15 is 0 Å². The maximum absolute atomic E-state index is 11.9. The lowest BCUT2D eigenvalue weighted by Gasteiger charge is -2.17. The number of nitrogens with zero attached hydrogens (tertiary/aromatic N) is 1. The monoisotopic (exact) mass is 282 g/mol. The Morgan fingerprint density at radius 3 is 2.53 bits per heavy atom. The molecule has 0 aliphatic carbocycles. The smallest absolute Gasteiger partial charge is 0.337 e. The molecule has 1 heterocycles. The Labute approximate surface area is 113 Å². The summed E-state index contributed by atoms with van der Waals surface area (Å²) in [4.78, 5) is 23.3. The Bertz CT molecular complexity index is 459. The van der Waals surface area contributed by atoms with Crippen molar-refractivity contribution in [1.29, 1.82) is 5.26 Å². The first-order valence-electron chi connectivity index (χ1n) is 5.99. The third kappa shape index (κ3) is 4.10. The summed E-state index contributed by atoms with van der Waals surface area (Å²) in [6, 6.07) is 1.36. The zero-order chi connectivity index (χ0) is 14.6. The number of rotatable bonds is 3. The number of allylic oxidation sites excluding steroid dienone is 1. The lowest BCUT2D eigenvalue weighted by Crippen LogP contribution is -2.33. The van der Waals surface area contributed by atoms with Gasteiger partial charge in [0, 0.05) is 5.70 Å². The van der Waals surface area contributed by atoms with Crippen LogP contribution in [0, 0.1) is 11.3 Å². The first kappa shape index (κ1) is 15.2. The largest absolute Gasteiger partial charge is 0.516 e. The molecule has 1 atom stereocenters. The quantitative estimate of drug-likeness (QED) is 0.360. The molecule has 0 aromatic carbocycles. The van der Waals surface area contributed by atoms with Crippen LogP contribution >= 0.6 is 0 Å². The topological polar surface area (TPSA) is 88.4 Å². The predicted octanol–water partition coefficient (Wildman–Crippen LogP) is 1.07. The molecule has 0 spiro atoms. The van der Waals surface area contributed by atoms with Crippen LogP contribution in [0.5, 0.6) is 0 Å². The van der Waals surface area contributed by atoms with Gasteiger partial charge in [0.2, 0.25) is 8.32 Å². The average molecular weight is 282 g/mol. The van der Waals surface area contributed by atoms with E-state index in [1.165, 1.54) is 7.11 Å². The van der Waals surface area contributed by atoms with E-state index in [1.54, 1.807) is 0 Å². The van der Waals surface area contributed by atoms with Crippen molar-refractivity contribution in [3.05, 3.63) is 11.3 Å². The van der Waals surface area contributed by atoms with E-state index < -0.39 is 26.3 Å². The number of methoxy groups -OCH3 is 1. The molecule has 6 nitrogen and oxygen atoms in total. The molecule has 1 N–H and O–H groups in total. The average Bonchev–Trinajstić information content (AvgIpc) is 2.76. The molecule has 0 aromatic rings. The van der Waals surface area contributed by atoms with Crippen molar-refractivity contribution >= 4 is 20.3 Å². The molecule has 0 amide bonds. The molecule has 1 aliphatic rings. The van der Waals surface area contributed by atoms with E-state index in [-0.39, 0.29) is 5.57 Å². The number of carbonyl (C=O) groups is 2. The fourth-order valence-electron chi connectivity index (χ4n) is 1.72. The van der Waals surface area contributed by atoms with Crippen molar-refractivity contribution in [3.63, 3.8) is 0 Å². The minimum absolute atomic E-state index is 0.0474. The molecular formula is C12H18N2O4Si. The second-order valence-corrected chi connectivity index (χ2v) is 9.65. The zero-order valence-corrected chi connectivity index (χ0v) is 12.6. The summed E-state index contributed by atoms with van der Waals surface area (Å²) in [5.41, 5.74) is 0.412. The Balaban J connectivity index is 2.86. The fraction of sp³-hybridized carbons (Fsp3) is 0.583. The summed E-state index contributed by atoms with van der Waals surface area (Å²) in [5.74, 6) is -1.01. The number of esters is 1. The van der Waals surface area contributed by atoms with Gasteiger partial charge in [0.1, 0.15) is 12.1 Å². The Morgan fingerprint density at radius 1 is 1.42 bits per heavy atom. The molecule has 1 saturated heterocycles. The highest BCUT2D eigenvalue weighted by molar-refractivity contribution is 6.71. The Kier molecular flexibility index (Phi) is 4.72. The Hall–Kier alpha value is -1.81. The molecule has 104 valence electrons. The van der Waals surface area contributed by atoms with Crippen LogP contribution in [-0.2, 0) is 18.8 Å². The van der Waals surface area contributed by atoms with Crippen LogP contribution in [0.25, 0.3) is 0 Å². The van der Waals surface area contributed by atoms with E-state index in [4.69, 9.17) is 9.69 Å². The van der Waals surface area contributed by atoms with Crippen LogP contribution in [0.4, 0.5) is 0 Å². The maximum atomic E-state index is 11.9. The van der Waals surface area contributed by atoms with Gasteiger partial charge in [-0.25, -0.2) is 9.59 Å². The Morgan fingerprint density at radius 2 is 2.05 bits per heavy atom. The van der Waals surface area contributed by atoms with E-state index in [0.29, 0.717) is 18.5 Å². The third-order valence-corrected chi connectivity index (χ3v) is 3.33. The van der Waals surface area contributed by atoms with E-state index in [1.807, 2.05) is 25.7 Å². The van der Waals surface area contributed by atoms with E-state index in [9.17, 15) is 9.59 Å². The first-order chi connectivity index (χ1) is 8.78. The predicted molar refractivity (Wildman–Crippen MR) is 70.3 cm³/mol. The molecule has 1 rings (SSSR count). The van der Waals surface area contributed by atoms with Crippen LogP contribution in [-0.4, -0.2) is 33.4 Å². The van der Waals surface area contributed by atoms with Gasteiger partial charge >= 0.3 is 11.9 Å². The normalized spacial score (nSPS) is 21.1. The number of ether oxygens (including phenoxy) is 1. The summed E-state index contributed by atoms with van der Waals surface area (Å²) >= 11 is 0. The second kappa shape index (κ2) is 5.89. The van der Waals surface area contributed by atoms with Crippen molar-refractivity contribution in [2.75, 3.05) is 7.11 Å². The molecule has 0 saturated carbocycles. The van der Waals surface area contributed by atoms with E-state index in [0.717, 1.165) is 0 Å². The summed E-state index contributed by atoms with van der Waals surface area (Å²) in [7, 11) is -0.748. The molecule has 7 heteroatoms. The standard InChI is InChI=1S/C12H18N2O4Si/c1-17-12(16)10-6-5-9(14-10)8(7-13)11(15)18-19(2,3)4/h10,14H,5-6H2,1-4H3/b9-8-. The molecule has 0 aromatic heterocycles. The second-order valence-electron chi connectivity index (χ2n) is 5.23. The van der Waals surface area contributed by atoms with Gasteiger partial charge in [0.05, 0.1) is 7.11 Å². The van der Waals surface area contributed by atoms with Gasteiger partial charge in [0.25, 0.3) is 0 Å². The molecule has 19 heavy (non-hydrogen) atoms. The number of hydrogen-bond acceptors (Lipinski definition) is 6. The number of nitrogens with one attached hydrogen (secondary N) is 1. The number of hydrogen-bond donors (Lipinski definition) is 1. The summed E-state index contributed by atoms with van der Waals surface area (Å²) in [5, 5.41) is 11.9. The van der Waals surface area contributed by atoms with Crippen LogP contribution < -0.4 is 5.32 Å². The highest BCUT2D eigenvalue weighted by Gasteiger charge is 2.31. The summed E-state index contributed by atoms with van der Waals surface area (Å²) in [6.45, 7) is 5.59. The fourth-order valence-corrected chi connectivity index (χ4v) is 2.38.